The lowest BCUT2D eigenvalue weighted by Crippen LogP contribution is -2.20. The van der Waals surface area contributed by atoms with Gasteiger partial charge in [0, 0.05) is 12.7 Å². The summed E-state index contributed by atoms with van der Waals surface area (Å²) in [6, 6.07) is 7.18. The molecule has 0 aromatic carbocycles. The molecule has 1 aliphatic rings. The van der Waals surface area contributed by atoms with Crippen molar-refractivity contribution in [3.8, 4) is 5.88 Å². The van der Waals surface area contributed by atoms with Gasteiger partial charge in [0.2, 0.25) is 5.88 Å². The number of imidazole rings is 1. The van der Waals surface area contributed by atoms with Crippen molar-refractivity contribution in [3.05, 3.63) is 53.5 Å². The average Bonchev–Trinajstić information content (AvgIpc) is 3.04. The number of nitrogens with one attached hydrogen (secondary N) is 2. The Balaban J connectivity index is 1.53. The topological polar surface area (TPSA) is 93.4 Å². The third-order valence-corrected chi connectivity index (χ3v) is 4.58. The van der Waals surface area contributed by atoms with Gasteiger partial charge in [-0.15, -0.1) is 10.2 Å². The number of ether oxygens (including phenoxy) is 1. The zero-order valence-corrected chi connectivity index (χ0v) is 15.9. The number of rotatable bonds is 5. The monoisotopic (exact) mass is 378 g/mol. The van der Waals surface area contributed by atoms with E-state index in [4.69, 9.17) is 4.74 Å². The molecule has 28 heavy (non-hydrogen) atoms. The molecule has 3 aromatic heterocycles. The fraction of sp³-hybridized carbons (Fsp3) is 0.300. The van der Waals surface area contributed by atoms with Crippen molar-refractivity contribution < 1.29 is 9.53 Å². The molecule has 3 aromatic rings. The Hall–Kier alpha value is -3.26. The van der Waals surface area contributed by atoms with Gasteiger partial charge in [-0.1, -0.05) is 6.08 Å². The van der Waals surface area contributed by atoms with Crippen molar-refractivity contribution in [2.75, 3.05) is 25.0 Å². The normalized spacial score (nSPS) is 14.0. The molecule has 0 saturated heterocycles. The third kappa shape index (κ3) is 3.59. The van der Waals surface area contributed by atoms with Crippen LogP contribution in [0.4, 0.5) is 5.82 Å². The van der Waals surface area contributed by atoms with Gasteiger partial charge in [-0.25, -0.2) is 4.98 Å². The van der Waals surface area contributed by atoms with Gasteiger partial charge in [-0.05, 0) is 56.7 Å². The van der Waals surface area contributed by atoms with E-state index in [1.54, 1.807) is 28.8 Å². The molecule has 0 fully saturated rings. The minimum absolute atomic E-state index is 0.265. The fourth-order valence-electron chi connectivity index (χ4n) is 3.20. The molecule has 0 atom stereocenters. The summed E-state index contributed by atoms with van der Waals surface area (Å²) in [4.78, 5) is 17.1. The number of nitrogens with zero attached hydrogens (tertiary/aromatic N) is 4. The van der Waals surface area contributed by atoms with Gasteiger partial charge in [0.15, 0.2) is 5.82 Å². The number of carbonyl (C=O) groups is 1. The molecule has 0 aliphatic carbocycles. The lowest BCUT2D eigenvalue weighted by molar-refractivity contribution is 0.102. The van der Waals surface area contributed by atoms with Crippen LogP contribution in [0.5, 0.6) is 5.88 Å². The molecule has 0 spiro atoms. The van der Waals surface area contributed by atoms with E-state index in [-0.39, 0.29) is 5.91 Å². The third-order valence-electron chi connectivity index (χ3n) is 4.58. The highest BCUT2D eigenvalue weighted by Gasteiger charge is 2.14. The van der Waals surface area contributed by atoms with Gasteiger partial charge in [-0.2, -0.15) is 0 Å². The number of anilines is 1. The zero-order chi connectivity index (χ0) is 19.5. The molecule has 0 unspecified atom stereocenters. The van der Waals surface area contributed by atoms with Crippen molar-refractivity contribution >= 4 is 22.9 Å². The van der Waals surface area contributed by atoms with Crippen LogP contribution >= 0.6 is 0 Å². The first-order valence-electron chi connectivity index (χ1n) is 9.32. The predicted octanol–water partition coefficient (Wildman–Crippen LogP) is 2.46. The Kier molecular flexibility index (Phi) is 5.03. The molecular formula is C20H22N6O2. The van der Waals surface area contributed by atoms with Crippen LogP contribution in [0.1, 0.15) is 35.1 Å². The molecular weight excluding hydrogens is 356 g/mol. The summed E-state index contributed by atoms with van der Waals surface area (Å²) < 4.78 is 7.43. The van der Waals surface area contributed by atoms with Crippen molar-refractivity contribution in [2.45, 2.75) is 20.3 Å². The lowest BCUT2D eigenvalue weighted by Gasteiger charge is -2.13. The van der Waals surface area contributed by atoms with Gasteiger partial charge in [0.1, 0.15) is 11.3 Å². The molecule has 4 rings (SSSR count). The van der Waals surface area contributed by atoms with E-state index in [0.29, 0.717) is 23.9 Å². The maximum atomic E-state index is 12.6. The van der Waals surface area contributed by atoms with Gasteiger partial charge in [0.25, 0.3) is 5.91 Å². The average molecular weight is 378 g/mol. The number of amides is 1. The van der Waals surface area contributed by atoms with Crippen LogP contribution in [0.3, 0.4) is 0 Å². The van der Waals surface area contributed by atoms with Crippen LogP contribution in [0.2, 0.25) is 0 Å². The molecule has 0 radical (unpaired) electrons. The van der Waals surface area contributed by atoms with Gasteiger partial charge >= 0.3 is 0 Å². The number of carbonyl (C=O) groups excluding carboxylic acids is 1. The van der Waals surface area contributed by atoms with Crippen molar-refractivity contribution in [1.29, 1.82) is 0 Å². The second-order valence-electron chi connectivity index (χ2n) is 6.52. The summed E-state index contributed by atoms with van der Waals surface area (Å²) in [7, 11) is 0. The van der Waals surface area contributed by atoms with E-state index in [1.807, 2.05) is 19.9 Å². The summed E-state index contributed by atoms with van der Waals surface area (Å²) in [6.07, 6.45) is 4.76. The summed E-state index contributed by atoms with van der Waals surface area (Å²) in [6.45, 7) is 6.10. The van der Waals surface area contributed by atoms with Crippen molar-refractivity contribution in [3.63, 3.8) is 0 Å². The van der Waals surface area contributed by atoms with E-state index in [1.165, 1.54) is 5.57 Å². The summed E-state index contributed by atoms with van der Waals surface area (Å²) in [5.74, 6) is 0.792. The number of aryl methyl sites for hydroxylation is 1. The number of pyridine rings is 1. The van der Waals surface area contributed by atoms with E-state index < -0.39 is 0 Å². The first-order valence-corrected chi connectivity index (χ1v) is 9.32. The van der Waals surface area contributed by atoms with Gasteiger partial charge in [0.05, 0.1) is 17.9 Å². The summed E-state index contributed by atoms with van der Waals surface area (Å²) in [5.41, 5.74) is 4.02. The molecule has 4 heterocycles. The van der Waals surface area contributed by atoms with Crippen LogP contribution in [-0.4, -0.2) is 45.2 Å². The van der Waals surface area contributed by atoms with Crippen LogP contribution in [0.25, 0.3) is 11.2 Å². The fourth-order valence-corrected chi connectivity index (χ4v) is 3.20. The molecule has 8 heteroatoms. The maximum Gasteiger partial charge on any atom is 0.258 e. The Morgan fingerprint density at radius 2 is 2.18 bits per heavy atom. The summed E-state index contributed by atoms with van der Waals surface area (Å²) in [5, 5.41) is 14.5. The zero-order valence-electron chi connectivity index (χ0n) is 15.9. The number of hydrogen-bond donors (Lipinski definition) is 2. The largest absolute Gasteiger partial charge is 0.478 e. The Morgan fingerprint density at radius 3 is 2.89 bits per heavy atom. The van der Waals surface area contributed by atoms with Gasteiger partial charge < -0.3 is 15.4 Å². The smallest absolute Gasteiger partial charge is 0.258 e. The highest BCUT2D eigenvalue weighted by atomic mass is 16.5. The van der Waals surface area contributed by atoms with Crippen LogP contribution in [-0.2, 0) is 0 Å². The number of hydrogen-bond acceptors (Lipinski definition) is 6. The molecule has 0 bridgehead atoms. The van der Waals surface area contributed by atoms with Crippen LogP contribution < -0.4 is 15.4 Å². The Bertz CT molecular complexity index is 1040. The highest BCUT2D eigenvalue weighted by Crippen LogP contribution is 2.21. The minimum Gasteiger partial charge on any atom is -0.478 e. The predicted molar refractivity (Wildman–Crippen MR) is 107 cm³/mol. The van der Waals surface area contributed by atoms with Crippen molar-refractivity contribution in [2.24, 2.45) is 0 Å². The maximum absolute atomic E-state index is 12.6. The standard InChI is InChI=1S/C20H22N6O2/c1-3-28-20-13(2)22-18-7-4-15(12-26(18)20)19(27)23-17-6-5-16(24-25-17)14-8-10-21-11-9-14/h4-8,12,21H,3,9-11H2,1-2H3,(H,23,25,27). The summed E-state index contributed by atoms with van der Waals surface area (Å²) >= 11 is 0. The molecule has 1 aliphatic heterocycles. The van der Waals surface area contributed by atoms with E-state index in [0.717, 1.165) is 36.5 Å². The van der Waals surface area contributed by atoms with E-state index in [9.17, 15) is 4.79 Å². The second kappa shape index (κ2) is 7.77. The number of fused-ring (bicyclic) bond motifs is 1. The SMILES string of the molecule is CCOc1c(C)nc2ccc(C(=O)Nc3ccc(C4=CCNCC4)nn3)cn12. The molecule has 8 nitrogen and oxygen atoms in total. The first-order chi connectivity index (χ1) is 13.7. The molecule has 2 N–H and O–H groups in total. The lowest BCUT2D eigenvalue weighted by atomic mass is 10.1. The van der Waals surface area contributed by atoms with Crippen molar-refractivity contribution in [1.82, 2.24) is 24.9 Å². The minimum atomic E-state index is -0.265. The quantitative estimate of drug-likeness (QED) is 0.708. The van der Waals surface area contributed by atoms with Crippen LogP contribution in [0, 0.1) is 6.92 Å². The van der Waals surface area contributed by atoms with Gasteiger partial charge in [-0.3, -0.25) is 9.20 Å². The Morgan fingerprint density at radius 1 is 1.29 bits per heavy atom. The highest BCUT2D eigenvalue weighted by molar-refractivity contribution is 6.03. The van der Waals surface area contributed by atoms with Crippen LogP contribution in [0.15, 0.2) is 36.5 Å². The van der Waals surface area contributed by atoms with E-state index >= 15 is 0 Å². The molecule has 1 amide bonds. The van der Waals surface area contributed by atoms with E-state index in [2.05, 4.69) is 31.9 Å². The molecule has 144 valence electrons. The molecule has 0 saturated carbocycles. The first kappa shape index (κ1) is 18.1. The second-order valence-corrected chi connectivity index (χ2v) is 6.52. The number of aromatic nitrogens is 4. The Labute approximate surface area is 162 Å².